The number of halogens is 2. The second-order valence-electron chi connectivity index (χ2n) is 4.62. The van der Waals surface area contributed by atoms with E-state index in [1.165, 1.54) is 6.33 Å². The average Bonchev–Trinajstić information content (AvgIpc) is 2.96. The van der Waals surface area contributed by atoms with Gasteiger partial charge >= 0.3 is 0 Å². The second-order valence-corrected chi connectivity index (χ2v) is 5.05. The van der Waals surface area contributed by atoms with E-state index in [1.54, 1.807) is 18.1 Å². The molecule has 8 heteroatoms. The first-order chi connectivity index (χ1) is 10.2. The van der Waals surface area contributed by atoms with Crippen LogP contribution in [0.3, 0.4) is 0 Å². The van der Waals surface area contributed by atoms with Crippen LogP contribution in [0.1, 0.15) is 5.56 Å². The zero-order valence-corrected chi connectivity index (χ0v) is 15.7. The van der Waals surface area contributed by atoms with Crippen molar-refractivity contribution in [2.45, 2.75) is 13.1 Å². The number of hydrogen-bond donors (Lipinski definition) is 1. The van der Waals surface area contributed by atoms with Crippen molar-refractivity contribution in [1.82, 2.24) is 25.0 Å². The molecule has 0 spiro atoms. The van der Waals surface area contributed by atoms with Crippen molar-refractivity contribution >= 4 is 41.5 Å². The highest BCUT2D eigenvalue weighted by molar-refractivity contribution is 14.0. The Morgan fingerprint density at radius 1 is 1.45 bits per heavy atom. The molecule has 0 aliphatic heterocycles. The standard InChI is InChI=1S/C14H19ClN6.HI/c1-16-14(18-6-7-21-11-17-10-19-21)20(2)9-12-4-3-5-13(15)8-12;/h3-5,8,10-11H,6-7,9H2,1-2H3,(H,16,18);1H. The Hall–Kier alpha value is -1.35. The fraction of sp³-hybridized carbons (Fsp3) is 0.357. The number of hydrogen-bond acceptors (Lipinski definition) is 3. The van der Waals surface area contributed by atoms with E-state index in [9.17, 15) is 0 Å². The minimum absolute atomic E-state index is 0. The third-order valence-corrected chi connectivity index (χ3v) is 3.21. The van der Waals surface area contributed by atoms with Crippen molar-refractivity contribution < 1.29 is 0 Å². The molecule has 0 amide bonds. The second kappa shape index (κ2) is 9.62. The molecule has 0 radical (unpaired) electrons. The van der Waals surface area contributed by atoms with Gasteiger partial charge in [0.25, 0.3) is 0 Å². The van der Waals surface area contributed by atoms with E-state index in [2.05, 4.69) is 20.4 Å². The minimum Gasteiger partial charge on any atom is -0.354 e. The van der Waals surface area contributed by atoms with E-state index >= 15 is 0 Å². The first-order valence-corrected chi connectivity index (χ1v) is 7.05. The summed E-state index contributed by atoms with van der Waals surface area (Å²) in [5, 5.41) is 8.10. The summed E-state index contributed by atoms with van der Waals surface area (Å²) >= 11 is 6.00. The van der Waals surface area contributed by atoms with E-state index < -0.39 is 0 Å². The molecule has 0 unspecified atom stereocenters. The van der Waals surface area contributed by atoms with Crippen LogP contribution in [-0.2, 0) is 13.1 Å². The molecule has 1 N–H and O–H groups in total. The Kier molecular flexibility index (Phi) is 8.18. The van der Waals surface area contributed by atoms with Crippen LogP contribution < -0.4 is 5.32 Å². The maximum absolute atomic E-state index is 6.00. The predicted molar refractivity (Wildman–Crippen MR) is 99.7 cm³/mol. The number of benzene rings is 1. The van der Waals surface area contributed by atoms with Crippen LogP contribution in [-0.4, -0.2) is 46.3 Å². The van der Waals surface area contributed by atoms with Crippen molar-refractivity contribution in [3.8, 4) is 0 Å². The molecule has 0 saturated heterocycles. The topological polar surface area (TPSA) is 58.3 Å². The highest BCUT2D eigenvalue weighted by Crippen LogP contribution is 2.12. The molecule has 6 nitrogen and oxygen atoms in total. The highest BCUT2D eigenvalue weighted by Gasteiger charge is 2.06. The molecular formula is C14H20ClIN6. The molecule has 2 aromatic rings. The van der Waals surface area contributed by atoms with Crippen LogP contribution in [0.2, 0.25) is 5.02 Å². The van der Waals surface area contributed by atoms with Gasteiger partial charge in [0, 0.05) is 32.2 Å². The quantitative estimate of drug-likeness (QED) is 0.445. The van der Waals surface area contributed by atoms with Gasteiger partial charge in [0.2, 0.25) is 0 Å². The molecule has 22 heavy (non-hydrogen) atoms. The predicted octanol–water partition coefficient (Wildman–Crippen LogP) is 2.26. The summed E-state index contributed by atoms with van der Waals surface area (Å²) in [6.45, 7) is 2.21. The number of guanidine groups is 1. The molecule has 1 aromatic carbocycles. The first kappa shape index (κ1) is 18.7. The number of nitrogens with one attached hydrogen (secondary N) is 1. The number of nitrogens with zero attached hydrogens (tertiary/aromatic N) is 5. The van der Waals surface area contributed by atoms with Crippen molar-refractivity contribution in [3.05, 3.63) is 47.5 Å². The Balaban J connectivity index is 0.00000242. The zero-order valence-electron chi connectivity index (χ0n) is 12.6. The smallest absolute Gasteiger partial charge is 0.193 e. The zero-order chi connectivity index (χ0) is 15.1. The van der Waals surface area contributed by atoms with Gasteiger partial charge in [-0.15, -0.1) is 24.0 Å². The fourth-order valence-corrected chi connectivity index (χ4v) is 2.21. The minimum atomic E-state index is 0. The van der Waals surface area contributed by atoms with Gasteiger partial charge < -0.3 is 10.2 Å². The molecule has 0 bridgehead atoms. The number of rotatable bonds is 5. The molecule has 1 aromatic heterocycles. The molecule has 0 saturated carbocycles. The summed E-state index contributed by atoms with van der Waals surface area (Å²) < 4.78 is 1.78. The van der Waals surface area contributed by atoms with Crippen LogP contribution in [0.25, 0.3) is 0 Å². The Morgan fingerprint density at radius 3 is 2.91 bits per heavy atom. The summed E-state index contributed by atoms with van der Waals surface area (Å²) in [6, 6.07) is 7.83. The summed E-state index contributed by atoms with van der Waals surface area (Å²) in [5.41, 5.74) is 1.14. The number of aromatic nitrogens is 3. The summed E-state index contributed by atoms with van der Waals surface area (Å²) in [5.74, 6) is 0.829. The Labute approximate surface area is 152 Å². The van der Waals surface area contributed by atoms with Crippen LogP contribution in [0.5, 0.6) is 0 Å². The lowest BCUT2D eigenvalue weighted by Crippen LogP contribution is -2.39. The van der Waals surface area contributed by atoms with E-state index in [0.29, 0.717) is 0 Å². The molecule has 0 aliphatic rings. The fourth-order valence-electron chi connectivity index (χ4n) is 2.00. The molecule has 0 fully saturated rings. The normalized spacial score (nSPS) is 11.0. The maximum atomic E-state index is 6.00. The average molecular weight is 435 g/mol. The molecule has 1 heterocycles. The molecular weight excluding hydrogens is 415 g/mol. The third kappa shape index (κ3) is 5.80. The monoisotopic (exact) mass is 434 g/mol. The molecule has 2 rings (SSSR count). The van der Waals surface area contributed by atoms with Crippen molar-refractivity contribution in [2.24, 2.45) is 4.99 Å². The summed E-state index contributed by atoms with van der Waals surface area (Å²) in [6.07, 6.45) is 3.22. The first-order valence-electron chi connectivity index (χ1n) is 6.67. The largest absolute Gasteiger partial charge is 0.354 e. The lowest BCUT2D eigenvalue weighted by molar-refractivity contribution is 0.470. The maximum Gasteiger partial charge on any atom is 0.193 e. The van der Waals surface area contributed by atoms with Crippen LogP contribution in [0, 0.1) is 0 Å². The molecule has 0 atom stereocenters. The van der Waals surface area contributed by atoms with Gasteiger partial charge in [-0.3, -0.25) is 9.67 Å². The summed E-state index contributed by atoms with van der Waals surface area (Å²) in [7, 11) is 3.76. The van der Waals surface area contributed by atoms with Gasteiger partial charge in [0.1, 0.15) is 12.7 Å². The van der Waals surface area contributed by atoms with Gasteiger partial charge in [0.15, 0.2) is 5.96 Å². The molecule has 0 aliphatic carbocycles. The Morgan fingerprint density at radius 2 is 2.27 bits per heavy atom. The van der Waals surface area contributed by atoms with E-state index in [-0.39, 0.29) is 24.0 Å². The van der Waals surface area contributed by atoms with E-state index in [0.717, 1.165) is 36.2 Å². The molecule has 120 valence electrons. The van der Waals surface area contributed by atoms with Gasteiger partial charge in [-0.2, -0.15) is 5.10 Å². The van der Waals surface area contributed by atoms with Gasteiger partial charge in [-0.25, -0.2) is 4.98 Å². The SMILES string of the molecule is CN=C(NCCn1cncn1)N(C)Cc1cccc(Cl)c1.I. The van der Waals surface area contributed by atoms with Gasteiger partial charge in [-0.1, -0.05) is 23.7 Å². The van der Waals surface area contributed by atoms with Crippen LogP contribution in [0.15, 0.2) is 41.9 Å². The summed E-state index contributed by atoms with van der Waals surface area (Å²) in [4.78, 5) is 10.2. The van der Waals surface area contributed by atoms with Gasteiger partial charge in [0.05, 0.1) is 6.54 Å². The van der Waals surface area contributed by atoms with Crippen LogP contribution in [0.4, 0.5) is 0 Å². The Bertz CT molecular complexity index is 587. The van der Waals surface area contributed by atoms with Gasteiger partial charge in [-0.05, 0) is 17.7 Å². The van der Waals surface area contributed by atoms with E-state index in [4.69, 9.17) is 11.6 Å². The number of aliphatic imine (C=N–C) groups is 1. The lowest BCUT2D eigenvalue weighted by atomic mass is 10.2. The van der Waals surface area contributed by atoms with Crippen LogP contribution >= 0.6 is 35.6 Å². The van der Waals surface area contributed by atoms with Crippen molar-refractivity contribution in [2.75, 3.05) is 20.6 Å². The van der Waals surface area contributed by atoms with E-state index in [1.807, 2.05) is 36.2 Å². The van der Waals surface area contributed by atoms with Crippen molar-refractivity contribution in [1.29, 1.82) is 0 Å². The third-order valence-electron chi connectivity index (χ3n) is 2.97. The van der Waals surface area contributed by atoms with Crippen molar-refractivity contribution in [3.63, 3.8) is 0 Å². The highest BCUT2D eigenvalue weighted by atomic mass is 127. The lowest BCUT2D eigenvalue weighted by Gasteiger charge is -2.22.